The van der Waals surface area contributed by atoms with Gasteiger partial charge in [-0.3, -0.25) is 4.79 Å². The van der Waals surface area contributed by atoms with Gasteiger partial charge in [0.05, 0.1) is 16.4 Å². The van der Waals surface area contributed by atoms with Crippen LogP contribution in [0.4, 0.5) is 0 Å². The van der Waals surface area contributed by atoms with Crippen molar-refractivity contribution in [1.82, 2.24) is 15.4 Å². The zero-order valence-electron chi connectivity index (χ0n) is 12.4. The van der Waals surface area contributed by atoms with E-state index in [0.717, 1.165) is 15.2 Å². The van der Waals surface area contributed by atoms with Crippen molar-refractivity contribution >= 4 is 33.7 Å². The number of amides is 1. The number of carbonyl (C=O) groups excluding carboxylic acids is 1. The Morgan fingerprint density at radius 1 is 1.21 bits per heavy atom. The Morgan fingerprint density at radius 2 is 2.12 bits per heavy atom. The first-order valence-corrected chi connectivity index (χ1v) is 8.04. The molecule has 0 saturated heterocycles. The Hall–Kier alpha value is -3.19. The topological polar surface area (TPSA) is 83.3 Å². The standard InChI is InChI=1S/C17H12N4O2S/c22-16(13-5-3-9-18-13)21-19-10-11-7-8-14(23-11)17-20-12-4-1-2-6-15(12)24-17/h1-10,18H,(H,21,22)/b19-10-. The van der Waals surface area contributed by atoms with Crippen molar-refractivity contribution in [2.45, 2.75) is 0 Å². The van der Waals surface area contributed by atoms with Gasteiger partial charge >= 0.3 is 0 Å². The highest BCUT2D eigenvalue weighted by Crippen LogP contribution is 2.30. The van der Waals surface area contributed by atoms with E-state index in [0.29, 0.717) is 17.2 Å². The number of H-pyrrole nitrogens is 1. The number of thiazole rings is 1. The van der Waals surface area contributed by atoms with Crippen LogP contribution in [0.1, 0.15) is 16.2 Å². The summed E-state index contributed by atoms with van der Waals surface area (Å²) in [6.45, 7) is 0. The van der Waals surface area contributed by atoms with Gasteiger partial charge in [-0.1, -0.05) is 12.1 Å². The molecule has 7 heteroatoms. The first-order valence-electron chi connectivity index (χ1n) is 7.22. The average Bonchev–Trinajstić information content (AvgIpc) is 3.33. The molecule has 4 aromatic rings. The van der Waals surface area contributed by atoms with Gasteiger partial charge in [-0.25, -0.2) is 10.4 Å². The predicted molar refractivity (Wildman–Crippen MR) is 93.2 cm³/mol. The number of rotatable bonds is 4. The van der Waals surface area contributed by atoms with E-state index in [2.05, 4.69) is 20.5 Å². The van der Waals surface area contributed by atoms with Gasteiger partial charge in [0.15, 0.2) is 10.8 Å². The number of aromatic nitrogens is 2. The number of furan rings is 1. The summed E-state index contributed by atoms with van der Waals surface area (Å²) in [5.74, 6) is 0.901. The molecule has 3 aromatic heterocycles. The van der Waals surface area contributed by atoms with Crippen LogP contribution < -0.4 is 5.43 Å². The summed E-state index contributed by atoms with van der Waals surface area (Å²) in [6.07, 6.45) is 3.13. The van der Waals surface area contributed by atoms with E-state index in [9.17, 15) is 4.79 Å². The summed E-state index contributed by atoms with van der Waals surface area (Å²) in [5.41, 5.74) is 3.82. The molecule has 0 aliphatic heterocycles. The van der Waals surface area contributed by atoms with E-state index in [1.165, 1.54) is 6.21 Å². The Bertz CT molecular complexity index is 981. The molecule has 0 spiro atoms. The number of carbonyl (C=O) groups is 1. The van der Waals surface area contributed by atoms with Crippen LogP contribution in [0.15, 0.2) is 64.2 Å². The van der Waals surface area contributed by atoms with Gasteiger partial charge in [0.25, 0.3) is 5.91 Å². The van der Waals surface area contributed by atoms with Gasteiger partial charge in [0.2, 0.25) is 0 Å². The summed E-state index contributed by atoms with van der Waals surface area (Å²) in [5, 5.41) is 4.70. The number of nitrogens with one attached hydrogen (secondary N) is 2. The van der Waals surface area contributed by atoms with Gasteiger partial charge in [0, 0.05) is 6.20 Å². The number of fused-ring (bicyclic) bond motifs is 1. The number of para-hydroxylation sites is 1. The van der Waals surface area contributed by atoms with Crippen LogP contribution in [0.2, 0.25) is 0 Å². The molecule has 3 heterocycles. The fourth-order valence-electron chi connectivity index (χ4n) is 2.20. The number of hydrogen-bond acceptors (Lipinski definition) is 5. The van der Waals surface area contributed by atoms with Crippen LogP contribution in [0.25, 0.3) is 21.0 Å². The summed E-state index contributed by atoms with van der Waals surface area (Å²) in [4.78, 5) is 19.1. The lowest BCUT2D eigenvalue weighted by Gasteiger charge is -1.94. The van der Waals surface area contributed by atoms with E-state index in [1.54, 1.807) is 35.7 Å². The third-order valence-corrected chi connectivity index (χ3v) is 4.38. The Kier molecular flexibility index (Phi) is 3.68. The van der Waals surface area contributed by atoms with Crippen LogP contribution in [-0.4, -0.2) is 22.1 Å². The maximum Gasteiger partial charge on any atom is 0.287 e. The Morgan fingerprint density at radius 3 is 2.96 bits per heavy atom. The van der Waals surface area contributed by atoms with Crippen LogP contribution in [0.3, 0.4) is 0 Å². The van der Waals surface area contributed by atoms with E-state index < -0.39 is 0 Å². The van der Waals surface area contributed by atoms with Gasteiger partial charge in [-0.2, -0.15) is 5.10 Å². The molecule has 1 amide bonds. The molecule has 1 aromatic carbocycles. The predicted octanol–water partition coefficient (Wildman–Crippen LogP) is 3.65. The van der Waals surface area contributed by atoms with E-state index >= 15 is 0 Å². The second-order valence-corrected chi connectivity index (χ2v) is 6.00. The van der Waals surface area contributed by atoms with Gasteiger partial charge in [0.1, 0.15) is 11.5 Å². The van der Waals surface area contributed by atoms with E-state index in [4.69, 9.17) is 4.42 Å². The summed E-state index contributed by atoms with van der Waals surface area (Å²) < 4.78 is 6.82. The van der Waals surface area contributed by atoms with Crippen molar-refractivity contribution in [3.8, 4) is 10.8 Å². The SMILES string of the molecule is O=C(N/N=C\c1ccc(-c2nc3ccccc3s2)o1)c1ccc[nH]1. The van der Waals surface area contributed by atoms with Crippen LogP contribution in [0, 0.1) is 0 Å². The zero-order chi connectivity index (χ0) is 16.4. The van der Waals surface area contributed by atoms with Gasteiger partial charge in [-0.15, -0.1) is 11.3 Å². The van der Waals surface area contributed by atoms with Crippen molar-refractivity contribution < 1.29 is 9.21 Å². The quantitative estimate of drug-likeness (QED) is 0.441. The highest BCUT2D eigenvalue weighted by atomic mass is 32.1. The summed E-state index contributed by atoms with van der Waals surface area (Å²) in [7, 11) is 0. The molecule has 0 saturated carbocycles. The number of aromatic amines is 1. The number of benzene rings is 1. The normalized spacial score (nSPS) is 11.3. The lowest BCUT2D eigenvalue weighted by Crippen LogP contribution is -2.17. The third kappa shape index (κ3) is 2.84. The fraction of sp³-hybridized carbons (Fsp3) is 0. The summed E-state index contributed by atoms with van der Waals surface area (Å²) >= 11 is 1.57. The van der Waals surface area contributed by atoms with Gasteiger partial charge in [-0.05, 0) is 36.4 Å². The number of hydrogen-bond donors (Lipinski definition) is 2. The minimum Gasteiger partial charge on any atom is -0.453 e. The lowest BCUT2D eigenvalue weighted by atomic mass is 10.3. The first kappa shape index (κ1) is 14.4. The van der Waals surface area contributed by atoms with E-state index in [-0.39, 0.29) is 5.91 Å². The molecule has 6 nitrogen and oxygen atoms in total. The molecule has 0 radical (unpaired) electrons. The molecule has 4 rings (SSSR count). The Balaban J connectivity index is 1.48. The average molecular weight is 336 g/mol. The van der Waals surface area contributed by atoms with Crippen LogP contribution in [0.5, 0.6) is 0 Å². The molecule has 24 heavy (non-hydrogen) atoms. The maximum atomic E-state index is 11.7. The second kappa shape index (κ2) is 6.13. The minimum atomic E-state index is -0.311. The molecule has 0 aliphatic carbocycles. The van der Waals surface area contributed by atoms with Crippen molar-refractivity contribution in [3.05, 3.63) is 66.2 Å². The molecule has 0 aliphatic rings. The highest BCUT2D eigenvalue weighted by Gasteiger charge is 2.10. The Labute approximate surface area is 140 Å². The third-order valence-electron chi connectivity index (χ3n) is 3.33. The molecule has 118 valence electrons. The number of nitrogens with zero attached hydrogens (tertiary/aromatic N) is 2. The minimum absolute atomic E-state index is 0.311. The molecular weight excluding hydrogens is 324 g/mol. The van der Waals surface area contributed by atoms with Crippen LogP contribution in [-0.2, 0) is 0 Å². The van der Waals surface area contributed by atoms with E-state index in [1.807, 2.05) is 30.3 Å². The van der Waals surface area contributed by atoms with Crippen molar-refractivity contribution in [2.24, 2.45) is 5.10 Å². The fourth-order valence-corrected chi connectivity index (χ4v) is 3.13. The van der Waals surface area contributed by atoms with Crippen molar-refractivity contribution in [3.63, 3.8) is 0 Å². The monoisotopic (exact) mass is 336 g/mol. The first-order chi connectivity index (χ1) is 11.8. The lowest BCUT2D eigenvalue weighted by molar-refractivity contribution is 0.0951. The molecule has 0 atom stereocenters. The second-order valence-electron chi connectivity index (χ2n) is 4.97. The molecule has 0 fully saturated rings. The van der Waals surface area contributed by atoms with Crippen LogP contribution >= 0.6 is 11.3 Å². The molecule has 0 bridgehead atoms. The molecule has 0 unspecified atom stereocenters. The number of hydrazone groups is 1. The van der Waals surface area contributed by atoms with Crippen molar-refractivity contribution in [1.29, 1.82) is 0 Å². The largest absolute Gasteiger partial charge is 0.453 e. The van der Waals surface area contributed by atoms with Crippen molar-refractivity contribution in [2.75, 3.05) is 0 Å². The molecule has 2 N–H and O–H groups in total. The highest BCUT2D eigenvalue weighted by molar-refractivity contribution is 7.21. The zero-order valence-corrected chi connectivity index (χ0v) is 13.2. The van der Waals surface area contributed by atoms with Gasteiger partial charge < -0.3 is 9.40 Å². The maximum absolute atomic E-state index is 11.7. The smallest absolute Gasteiger partial charge is 0.287 e. The summed E-state index contributed by atoms with van der Waals surface area (Å²) in [6, 6.07) is 15.0. The molecular formula is C17H12N4O2S.